The maximum atomic E-state index is 9.55. The number of aromatic nitrogens is 2. The highest BCUT2D eigenvalue weighted by atomic mass is 16.5. The minimum absolute atomic E-state index is 0.0228. The van der Waals surface area contributed by atoms with Crippen molar-refractivity contribution in [2.24, 2.45) is 0 Å². The second-order valence-electron chi connectivity index (χ2n) is 7.23. The van der Waals surface area contributed by atoms with Crippen LogP contribution >= 0.6 is 0 Å². The largest absolute Gasteiger partial charge is 0.489 e. The SMILES string of the molecule is OCc1cc(C2CCCCC2)n(-c2ccc(OCc3ccccc3)cc2)n1. The molecule has 0 atom stereocenters. The molecule has 1 aliphatic carbocycles. The van der Waals surface area contributed by atoms with Crippen molar-refractivity contribution in [2.75, 3.05) is 0 Å². The molecular weight excluding hydrogens is 336 g/mol. The third kappa shape index (κ3) is 4.22. The minimum atomic E-state index is -0.0228. The normalized spacial score (nSPS) is 15.0. The van der Waals surface area contributed by atoms with Crippen molar-refractivity contribution in [1.82, 2.24) is 9.78 Å². The minimum Gasteiger partial charge on any atom is -0.489 e. The van der Waals surface area contributed by atoms with Gasteiger partial charge in [0.15, 0.2) is 0 Å². The van der Waals surface area contributed by atoms with Gasteiger partial charge in [0.05, 0.1) is 18.0 Å². The van der Waals surface area contributed by atoms with Gasteiger partial charge in [-0.05, 0) is 48.7 Å². The molecule has 140 valence electrons. The van der Waals surface area contributed by atoms with E-state index in [9.17, 15) is 5.11 Å². The predicted molar refractivity (Wildman–Crippen MR) is 106 cm³/mol. The van der Waals surface area contributed by atoms with Crippen molar-refractivity contribution in [3.8, 4) is 11.4 Å². The molecule has 0 amide bonds. The van der Waals surface area contributed by atoms with E-state index in [-0.39, 0.29) is 6.61 Å². The molecule has 0 aliphatic heterocycles. The Balaban J connectivity index is 1.52. The van der Waals surface area contributed by atoms with Gasteiger partial charge in [-0.15, -0.1) is 0 Å². The lowest BCUT2D eigenvalue weighted by Crippen LogP contribution is -2.11. The maximum absolute atomic E-state index is 9.55. The van der Waals surface area contributed by atoms with Crippen LogP contribution in [0.5, 0.6) is 5.75 Å². The van der Waals surface area contributed by atoms with Crippen LogP contribution in [0.2, 0.25) is 0 Å². The first kappa shape index (κ1) is 17.8. The molecule has 1 N–H and O–H groups in total. The van der Waals surface area contributed by atoms with Gasteiger partial charge in [-0.1, -0.05) is 49.6 Å². The molecule has 27 heavy (non-hydrogen) atoms. The molecule has 1 aromatic heterocycles. The van der Waals surface area contributed by atoms with Gasteiger partial charge in [-0.2, -0.15) is 5.10 Å². The van der Waals surface area contributed by atoms with Crippen molar-refractivity contribution >= 4 is 0 Å². The van der Waals surface area contributed by atoms with E-state index in [0.29, 0.717) is 12.5 Å². The lowest BCUT2D eigenvalue weighted by molar-refractivity contribution is 0.276. The average molecular weight is 362 g/mol. The second kappa shape index (κ2) is 8.40. The van der Waals surface area contributed by atoms with Gasteiger partial charge in [0, 0.05) is 11.6 Å². The second-order valence-corrected chi connectivity index (χ2v) is 7.23. The van der Waals surface area contributed by atoms with E-state index in [1.807, 2.05) is 47.1 Å². The molecule has 1 aliphatic rings. The van der Waals surface area contributed by atoms with Gasteiger partial charge < -0.3 is 9.84 Å². The number of nitrogens with zero attached hydrogens (tertiary/aromatic N) is 2. The quantitative estimate of drug-likeness (QED) is 0.672. The molecule has 0 spiro atoms. The summed E-state index contributed by atoms with van der Waals surface area (Å²) in [6.07, 6.45) is 6.28. The van der Waals surface area contributed by atoms with Crippen LogP contribution in [0.25, 0.3) is 5.69 Å². The summed E-state index contributed by atoms with van der Waals surface area (Å²) >= 11 is 0. The number of benzene rings is 2. The van der Waals surface area contributed by atoms with Crippen LogP contribution < -0.4 is 4.74 Å². The van der Waals surface area contributed by atoms with Gasteiger partial charge >= 0.3 is 0 Å². The Morgan fingerprint density at radius 1 is 0.963 bits per heavy atom. The first-order valence-corrected chi connectivity index (χ1v) is 9.80. The number of ether oxygens (including phenoxy) is 1. The Morgan fingerprint density at radius 3 is 2.41 bits per heavy atom. The highest BCUT2D eigenvalue weighted by Gasteiger charge is 2.21. The molecule has 4 rings (SSSR count). The fraction of sp³-hybridized carbons (Fsp3) is 0.348. The van der Waals surface area contributed by atoms with E-state index < -0.39 is 0 Å². The smallest absolute Gasteiger partial charge is 0.119 e. The van der Waals surface area contributed by atoms with E-state index in [2.05, 4.69) is 23.3 Å². The fourth-order valence-corrected chi connectivity index (χ4v) is 3.84. The Labute approximate surface area is 160 Å². The van der Waals surface area contributed by atoms with E-state index >= 15 is 0 Å². The van der Waals surface area contributed by atoms with Crippen LogP contribution in [0.4, 0.5) is 0 Å². The van der Waals surface area contributed by atoms with E-state index in [1.165, 1.54) is 37.8 Å². The zero-order valence-corrected chi connectivity index (χ0v) is 15.6. The van der Waals surface area contributed by atoms with Crippen molar-refractivity contribution in [3.63, 3.8) is 0 Å². The first-order valence-electron chi connectivity index (χ1n) is 9.80. The number of rotatable bonds is 6. The van der Waals surface area contributed by atoms with Crippen LogP contribution in [0.3, 0.4) is 0 Å². The summed E-state index contributed by atoms with van der Waals surface area (Å²) in [6, 6.07) is 20.3. The van der Waals surface area contributed by atoms with Gasteiger partial charge in [0.25, 0.3) is 0 Å². The van der Waals surface area contributed by atoms with Crippen LogP contribution in [-0.2, 0) is 13.2 Å². The van der Waals surface area contributed by atoms with Crippen molar-refractivity contribution in [2.45, 2.75) is 51.2 Å². The lowest BCUT2D eigenvalue weighted by atomic mass is 9.86. The maximum Gasteiger partial charge on any atom is 0.119 e. The van der Waals surface area contributed by atoms with Crippen LogP contribution in [0.1, 0.15) is 55.0 Å². The van der Waals surface area contributed by atoms with Crippen molar-refractivity contribution in [1.29, 1.82) is 0 Å². The monoisotopic (exact) mass is 362 g/mol. The third-order valence-electron chi connectivity index (χ3n) is 5.30. The lowest BCUT2D eigenvalue weighted by Gasteiger charge is -2.22. The molecule has 4 nitrogen and oxygen atoms in total. The Bertz CT molecular complexity index is 850. The van der Waals surface area contributed by atoms with Gasteiger partial charge in [0.1, 0.15) is 12.4 Å². The standard InChI is InChI=1S/C23H26N2O2/c26-16-20-15-23(19-9-5-2-6-10-19)25(24-20)21-11-13-22(14-12-21)27-17-18-7-3-1-4-8-18/h1,3-4,7-8,11-15,19,26H,2,5-6,9-10,16-17H2. The molecule has 3 aromatic rings. The number of aliphatic hydroxyl groups excluding tert-OH is 1. The molecule has 0 unspecified atom stereocenters. The molecule has 0 radical (unpaired) electrons. The molecule has 1 heterocycles. The molecular formula is C23H26N2O2. The van der Waals surface area contributed by atoms with Gasteiger partial charge in [-0.25, -0.2) is 4.68 Å². The van der Waals surface area contributed by atoms with Crippen molar-refractivity contribution < 1.29 is 9.84 Å². The zero-order chi connectivity index (χ0) is 18.5. The highest BCUT2D eigenvalue weighted by Crippen LogP contribution is 2.34. The summed E-state index contributed by atoms with van der Waals surface area (Å²) in [5, 5.41) is 14.2. The van der Waals surface area contributed by atoms with E-state index in [4.69, 9.17) is 4.74 Å². The molecule has 0 saturated heterocycles. The van der Waals surface area contributed by atoms with Gasteiger partial charge in [0.2, 0.25) is 0 Å². The Morgan fingerprint density at radius 2 is 1.70 bits per heavy atom. The van der Waals surface area contributed by atoms with E-state index in [0.717, 1.165) is 22.7 Å². The molecule has 1 saturated carbocycles. The highest BCUT2D eigenvalue weighted by molar-refractivity contribution is 5.39. The fourth-order valence-electron chi connectivity index (χ4n) is 3.84. The summed E-state index contributed by atoms with van der Waals surface area (Å²) < 4.78 is 7.89. The molecule has 1 fully saturated rings. The summed E-state index contributed by atoms with van der Waals surface area (Å²) in [4.78, 5) is 0. The summed E-state index contributed by atoms with van der Waals surface area (Å²) in [6.45, 7) is 0.537. The van der Waals surface area contributed by atoms with Crippen LogP contribution in [-0.4, -0.2) is 14.9 Å². The summed E-state index contributed by atoms with van der Waals surface area (Å²) in [5.74, 6) is 1.37. The van der Waals surface area contributed by atoms with E-state index in [1.54, 1.807) is 0 Å². The van der Waals surface area contributed by atoms with Gasteiger partial charge in [-0.3, -0.25) is 0 Å². The third-order valence-corrected chi connectivity index (χ3v) is 5.30. The Kier molecular flexibility index (Phi) is 5.54. The summed E-state index contributed by atoms with van der Waals surface area (Å²) in [5.41, 5.74) is 4.12. The van der Waals surface area contributed by atoms with Crippen LogP contribution in [0, 0.1) is 0 Å². The topological polar surface area (TPSA) is 47.3 Å². The number of hydrogen-bond donors (Lipinski definition) is 1. The predicted octanol–water partition coefficient (Wildman–Crippen LogP) is 4.99. The Hall–Kier alpha value is -2.59. The average Bonchev–Trinajstić information content (AvgIpc) is 3.19. The molecule has 2 aromatic carbocycles. The van der Waals surface area contributed by atoms with Crippen LogP contribution in [0.15, 0.2) is 60.7 Å². The molecule has 4 heteroatoms. The number of aliphatic hydroxyl groups is 1. The zero-order valence-electron chi connectivity index (χ0n) is 15.6. The molecule has 0 bridgehead atoms. The number of hydrogen-bond acceptors (Lipinski definition) is 3. The summed E-state index contributed by atoms with van der Waals surface area (Å²) in [7, 11) is 0. The first-order chi connectivity index (χ1) is 13.3. The van der Waals surface area contributed by atoms with Crippen molar-refractivity contribution in [3.05, 3.63) is 77.6 Å².